The first-order chi connectivity index (χ1) is 9.47. The smallest absolute Gasteiger partial charge is 0.238 e. The van der Waals surface area contributed by atoms with Crippen LogP contribution in [0.4, 0.5) is 5.69 Å². The number of hydrogen-bond acceptors (Lipinski definition) is 4. The Morgan fingerprint density at radius 2 is 1.85 bits per heavy atom. The maximum absolute atomic E-state index is 11.3. The molecule has 2 aromatic carbocycles. The van der Waals surface area contributed by atoms with Crippen LogP contribution in [0, 0.1) is 0 Å². The molecule has 0 atom stereocenters. The first-order valence-electron chi connectivity index (χ1n) is 5.82. The van der Waals surface area contributed by atoms with Gasteiger partial charge in [-0.25, -0.2) is 18.2 Å². The Morgan fingerprint density at radius 1 is 1.10 bits per heavy atom. The lowest BCUT2D eigenvalue weighted by Crippen LogP contribution is -2.13. The zero-order valence-electron chi connectivity index (χ0n) is 10.4. The second kappa shape index (κ2) is 4.32. The van der Waals surface area contributed by atoms with E-state index < -0.39 is 10.0 Å². The molecule has 1 heterocycles. The van der Waals surface area contributed by atoms with Crippen LogP contribution in [0.15, 0.2) is 53.6 Å². The van der Waals surface area contributed by atoms with Crippen LogP contribution in [0.25, 0.3) is 16.6 Å². The summed E-state index contributed by atoms with van der Waals surface area (Å²) in [5, 5.41) is 10.3. The van der Waals surface area contributed by atoms with E-state index in [0.29, 0.717) is 11.4 Å². The maximum Gasteiger partial charge on any atom is 0.238 e. The molecule has 0 unspecified atom stereocenters. The highest BCUT2D eigenvalue weighted by Crippen LogP contribution is 2.24. The summed E-state index contributed by atoms with van der Waals surface area (Å²) in [6, 6.07) is 12.0. The number of aromatic nitrogens is 2. The van der Waals surface area contributed by atoms with Crippen molar-refractivity contribution in [3.8, 4) is 5.69 Å². The molecule has 0 amide bonds. The fourth-order valence-electron chi connectivity index (χ4n) is 2.07. The second-order valence-corrected chi connectivity index (χ2v) is 5.94. The molecule has 0 saturated carbocycles. The van der Waals surface area contributed by atoms with Gasteiger partial charge in [-0.3, -0.25) is 0 Å². The zero-order chi connectivity index (χ0) is 14.3. The van der Waals surface area contributed by atoms with E-state index in [1.807, 2.05) is 24.3 Å². The van der Waals surface area contributed by atoms with E-state index in [1.54, 1.807) is 16.9 Å². The van der Waals surface area contributed by atoms with Gasteiger partial charge in [0.05, 0.1) is 28.0 Å². The Balaban J connectivity index is 2.21. The molecular weight excluding hydrogens is 276 g/mol. The third kappa shape index (κ3) is 2.02. The van der Waals surface area contributed by atoms with Crippen molar-refractivity contribution in [1.82, 2.24) is 9.78 Å². The maximum atomic E-state index is 11.3. The van der Waals surface area contributed by atoms with Crippen molar-refractivity contribution >= 4 is 26.6 Å². The number of nitrogens with zero attached hydrogens (tertiary/aromatic N) is 2. The summed E-state index contributed by atoms with van der Waals surface area (Å²) in [6.07, 6.45) is 1.72. The van der Waals surface area contributed by atoms with Crippen LogP contribution in [0.1, 0.15) is 0 Å². The number of para-hydroxylation sites is 1. The first-order valence-corrected chi connectivity index (χ1v) is 7.37. The average Bonchev–Trinajstić information content (AvgIpc) is 2.81. The number of rotatable bonds is 2. The van der Waals surface area contributed by atoms with Crippen LogP contribution >= 0.6 is 0 Å². The number of nitrogens with two attached hydrogens (primary N) is 2. The molecule has 0 spiro atoms. The van der Waals surface area contributed by atoms with E-state index in [-0.39, 0.29) is 4.90 Å². The number of sulfonamides is 1. The van der Waals surface area contributed by atoms with Gasteiger partial charge in [-0.05, 0) is 24.3 Å². The lowest BCUT2D eigenvalue weighted by molar-refractivity contribution is 0.598. The number of nitrogen functional groups attached to an aromatic ring is 1. The molecule has 0 bridgehead atoms. The standard InChI is InChI=1S/C13H12N4O2S/c14-11-7-10(20(15,18)19)5-6-13(11)17-12-4-2-1-3-9(12)8-16-17/h1-8H,14H2,(H2,15,18,19). The van der Waals surface area contributed by atoms with Gasteiger partial charge in [0, 0.05) is 5.39 Å². The van der Waals surface area contributed by atoms with Gasteiger partial charge in [-0.2, -0.15) is 5.10 Å². The van der Waals surface area contributed by atoms with Gasteiger partial charge in [0.2, 0.25) is 10.0 Å². The fraction of sp³-hybridized carbons (Fsp3) is 0. The summed E-state index contributed by atoms with van der Waals surface area (Å²) in [5.74, 6) is 0. The Hall–Kier alpha value is -2.38. The van der Waals surface area contributed by atoms with Crippen LogP contribution in [-0.4, -0.2) is 18.2 Å². The quantitative estimate of drug-likeness (QED) is 0.692. The van der Waals surface area contributed by atoms with Crippen LogP contribution in [0.3, 0.4) is 0 Å². The van der Waals surface area contributed by atoms with Gasteiger partial charge in [0.15, 0.2) is 0 Å². The number of anilines is 1. The molecule has 0 aliphatic rings. The highest BCUT2D eigenvalue weighted by atomic mass is 32.2. The minimum absolute atomic E-state index is 0.0183. The second-order valence-electron chi connectivity index (χ2n) is 4.38. The normalized spacial score (nSPS) is 11.8. The van der Waals surface area contributed by atoms with Crippen LogP contribution in [0.2, 0.25) is 0 Å². The number of primary sulfonamides is 1. The number of fused-ring (bicyclic) bond motifs is 1. The van der Waals surface area contributed by atoms with E-state index >= 15 is 0 Å². The topological polar surface area (TPSA) is 104 Å². The van der Waals surface area contributed by atoms with Gasteiger partial charge < -0.3 is 5.73 Å². The molecule has 6 nitrogen and oxygen atoms in total. The van der Waals surface area contributed by atoms with E-state index in [2.05, 4.69) is 5.10 Å². The zero-order valence-corrected chi connectivity index (χ0v) is 11.2. The van der Waals surface area contributed by atoms with E-state index in [0.717, 1.165) is 10.9 Å². The lowest BCUT2D eigenvalue weighted by atomic mass is 10.2. The molecule has 3 aromatic rings. The Bertz CT molecular complexity index is 900. The van der Waals surface area contributed by atoms with Gasteiger partial charge in [-0.15, -0.1) is 0 Å². The summed E-state index contributed by atoms with van der Waals surface area (Å²) in [7, 11) is -3.76. The number of hydrogen-bond donors (Lipinski definition) is 2. The van der Waals surface area contributed by atoms with Crippen molar-refractivity contribution in [2.24, 2.45) is 5.14 Å². The van der Waals surface area contributed by atoms with Gasteiger partial charge in [-0.1, -0.05) is 18.2 Å². The molecule has 0 aliphatic heterocycles. The predicted molar refractivity (Wildman–Crippen MR) is 76.9 cm³/mol. The van der Waals surface area contributed by atoms with Gasteiger partial charge in [0.25, 0.3) is 0 Å². The van der Waals surface area contributed by atoms with E-state index in [4.69, 9.17) is 10.9 Å². The van der Waals surface area contributed by atoms with Crippen molar-refractivity contribution in [2.75, 3.05) is 5.73 Å². The first kappa shape index (κ1) is 12.6. The lowest BCUT2D eigenvalue weighted by Gasteiger charge is -2.08. The van der Waals surface area contributed by atoms with E-state index in [9.17, 15) is 8.42 Å². The summed E-state index contributed by atoms with van der Waals surface area (Å²) >= 11 is 0. The predicted octanol–water partition coefficient (Wildman–Crippen LogP) is 1.26. The Labute approximate surface area is 115 Å². The molecule has 7 heteroatoms. The molecule has 1 aromatic heterocycles. The minimum Gasteiger partial charge on any atom is -0.397 e. The van der Waals surface area contributed by atoms with Crippen LogP contribution < -0.4 is 10.9 Å². The summed E-state index contributed by atoms with van der Waals surface area (Å²) in [6.45, 7) is 0. The fourth-order valence-corrected chi connectivity index (χ4v) is 2.62. The van der Waals surface area contributed by atoms with Crippen molar-refractivity contribution in [3.63, 3.8) is 0 Å². The van der Waals surface area contributed by atoms with E-state index in [1.165, 1.54) is 12.1 Å². The van der Waals surface area contributed by atoms with Gasteiger partial charge in [0.1, 0.15) is 0 Å². The molecule has 3 rings (SSSR count). The Kier molecular flexibility index (Phi) is 2.73. The molecule has 0 aliphatic carbocycles. The van der Waals surface area contributed by atoms with Crippen molar-refractivity contribution < 1.29 is 8.42 Å². The average molecular weight is 288 g/mol. The summed E-state index contributed by atoms with van der Waals surface area (Å²) < 4.78 is 24.3. The summed E-state index contributed by atoms with van der Waals surface area (Å²) in [4.78, 5) is -0.0183. The number of benzene rings is 2. The Morgan fingerprint density at radius 3 is 2.55 bits per heavy atom. The highest BCUT2D eigenvalue weighted by molar-refractivity contribution is 7.89. The third-order valence-electron chi connectivity index (χ3n) is 3.03. The molecule has 20 heavy (non-hydrogen) atoms. The van der Waals surface area contributed by atoms with Crippen molar-refractivity contribution in [3.05, 3.63) is 48.7 Å². The monoisotopic (exact) mass is 288 g/mol. The third-order valence-corrected chi connectivity index (χ3v) is 3.94. The highest BCUT2D eigenvalue weighted by Gasteiger charge is 2.12. The van der Waals surface area contributed by atoms with Crippen LogP contribution in [-0.2, 0) is 10.0 Å². The molecule has 0 fully saturated rings. The van der Waals surface area contributed by atoms with Crippen molar-refractivity contribution in [1.29, 1.82) is 0 Å². The summed E-state index contributed by atoms with van der Waals surface area (Å²) in [5.41, 5.74) is 7.72. The van der Waals surface area contributed by atoms with Crippen molar-refractivity contribution in [2.45, 2.75) is 4.90 Å². The molecule has 0 saturated heterocycles. The molecule has 102 valence electrons. The minimum atomic E-state index is -3.76. The SMILES string of the molecule is Nc1cc(S(N)(=O)=O)ccc1-n1ncc2ccccc21. The molecular formula is C13H12N4O2S. The molecule has 0 radical (unpaired) electrons. The van der Waals surface area contributed by atoms with Crippen LogP contribution in [0.5, 0.6) is 0 Å². The largest absolute Gasteiger partial charge is 0.397 e. The van der Waals surface area contributed by atoms with Gasteiger partial charge >= 0.3 is 0 Å². The molecule has 4 N–H and O–H groups in total.